The molecule has 0 unspecified atom stereocenters. The Balaban J connectivity index is 1.42. The number of likely N-dealkylation sites (tertiary alicyclic amines) is 1. The number of aliphatic hydroxyl groups is 1. The van der Waals surface area contributed by atoms with Crippen LogP contribution in [0.2, 0.25) is 0 Å². The van der Waals surface area contributed by atoms with Crippen molar-refractivity contribution in [3.05, 3.63) is 36.2 Å². The number of aliphatic hydroxyl groups excluding tert-OH is 1. The van der Waals surface area contributed by atoms with E-state index in [-0.39, 0.29) is 13.0 Å². The molecule has 0 spiro atoms. The Kier molecular flexibility index (Phi) is 6.31. The van der Waals surface area contributed by atoms with E-state index < -0.39 is 42.8 Å². The quantitative estimate of drug-likeness (QED) is 0.704. The number of piperidine rings is 1. The molecule has 2 aliphatic rings. The summed E-state index contributed by atoms with van der Waals surface area (Å²) in [6.07, 6.45) is -1.26. The van der Waals surface area contributed by atoms with Crippen molar-refractivity contribution in [3.8, 4) is 17.0 Å². The number of anilines is 1. The molecule has 10 heteroatoms. The summed E-state index contributed by atoms with van der Waals surface area (Å²) in [7, 11) is 0. The second-order valence-corrected chi connectivity index (χ2v) is 8.08. The zero-order valence-corrected chi connectivity index (χ0v) is 17.5. The van der Waals surface area contributed by atoms with Gasteiger partial charge in [-0.25, -0.2) is 18.7 Å². The van der Waals surface area contributed by atoms with Crippen molar-refractivity contribution in [2.75, 3.05) is 25.0 Å². The minimum absolute atomic E-state index is 0.110. The third kappa shape index (κ3) is 4.85. The van der Waals surface area contributed by atoms with E-state index in [1.165, 1.54) is 11.2 Å². The van der Waals surface area contributed by atoms with Crippen molar-refractivity contribution in [3.63, 3.8) is 0 Å². The molecule has 0 radical (unpaired) electrons. The molecule has 4 atom stereocenters. The average Bonchev–Trinajstić information content (AvgIpc) is 3.52. The Labute approximate surface area is 183 Å². The van der Waals surface area contributed by atoms with Crippen molar-refractivity contribution in [1.29, 1.82) is 0 Å². The van der Waals surface area contributed by atoms with Gasteiger partial charge in [0.1, 0.15) is 36.8 Å². The summed E-state index contributed by atoms with van der Waals surface area (Å²) in [5.74, 6) is -0.682. The van der Waals surface area contributed by atoms with Crippen LogP contribution in [0.4, 0.5) is 14.6 Å². The molecule has 4 rings (SSSR count). The average molecular weight is 446 g/mol. The van der Waals surface area contributed by atoms with Gasteiger partial charge in [-0.1, -0.05) is 0 Å². The lowest BCUT2D eigenvalue weighted by atomic mass is 10.0. The SMILES string of the molecule is Cc1cc(-c2cc(NC(=O)[C@@H]3C[C@H]3F)ncn2)ccc1O[C@H]1CCN(C(=O)CO)C[C@H]1F. The molecule has 1 saturated carbocycles. The molecule has 2 amide bonds. The van der Waals surface area contributed by atoms with E-state index in [2.05, 4.69) is 15.3 Å². The molecular formula is C22H24F2N4O4. The Hall–Kier alpha value is -3.14. The number of nitrogens with one attached hydrogen (secondary N) is 1. The maximum Gasteiger partial charge on any atom is 0.248 e. The number of aromatic nitrogens is 2. The standard InChI is InChI=1S/C22H24F2N4O4/c1-12-6-13(17-8-20(26-11-25-17)27-22(31)14-7-15(14)23)2-3-18(12)32-19-4-5-28(9-16(19)24)21(30)10-29/h2-3,6,8,11,14-16,19,29H,4-5,7,9-10H2,1H3,(H,25,26,27,31)/t14-,15-,16-,19+/m1/s1. The van der Waals surface area contributed by atoms with E-state index in [0.717, 1.165) is 11.1 Å². The summed E-state index contributed by atoms with van der Waals surface area (Å²) in [6, 6.07) is 6.93. The maximum absolute atomic E-state index is 14.5. The predicted octanol–water partition coefficient (Wildman–Crippen LogP) is 2.06. The van der Waals surface area contributed by atoms with E-state index >= 15 is 0 Å². The zero-order chi connectivity index (χ0) is 22.8. The number of nitrogens with zero attached hydrogens (tertiary/aromatic N) is 3. The second-order valence-electron chi connectivity index (χ2n) is 8.08. The van der Waals surface area contributed by atoms with Gasteiger partial charge in [0.25, 0.3) is 0 Å². The number of hydrogen-bond donors (Lipinski definition) is 2. The molecular weight excluding hydrogens is 422 g/mol. The fourth-order valence-corrected chi connectivity index (χ4v) is 3.68. The number of carbonyl (C=O) groups is 2. The lowest BCUT2D eigenvalue weighted by Crippen LogP contribution is -2.50. The molecule has 2 heterocycles. The summed E-state index contributed by atoms with van der Waals surface area (Å²) in [5.41, 5.74) is 2.09. The highest BCUT2D eigenvalue weighted by Crippen LogP contribution is 2.35. The minimum atomic E-state index is -1.36. The summed E-state index contributed by atoms with van der Waals surface area (Å²) in [6.45, 7) is 1.40. The third-order valence-corrected chi connectivity index (χ3v) is 5.69. The number of halogens is 2. The van der Waals surface area contributed by atoms with Crippen LogP contribution in [0.1, 0.15) is 18.4 Å². The Morgan fingerprint density at radius 3 is 2.69 bits per heavy atom. The van der Waals surface area contributed by atoms with E-state index in [9.17, 15) is 18.4 Å². The van der Waals surface area contributed by atoms with Crippen LogP contribution in [0.5, 0.6) is 5.75 Å². The largest absolute Gasteiger partial charge is 0.487 e. The highest BCUT2D eigenvalue weighted by atomic mass is 19.1. The van der Waals surface area contributed by atoms with Crippen molar-refractivity contribution in [2.45, 2.75) is 38.2 Å². The molecule has 1 aromatic carbocycles. The molecule has 32 heavy (non-hydrogen) atoms. The highest BCUT2D eigenvalue weighted by molar-refractivity contribution is 5.94. The first kappa shape index (κ1) is 22.1. The van der Waals surface area contributed by atoms with Gasteiger partial charge in [-0.3, -0.25) is 9.59 Å². The summed E-state index contributed by atoms with van der Waals surface area (Å²) in [4.78, 5) is 33.0. The summed E-state index contributed by atoms with van der Waals surface area (Å²) < 4.78 is 33.4. The normalized spacial score (nSPS) is 24.7. The van der Waals surface area contributed by atoms with Gasteiger partial charge in [-0.05, 0) is 37.1 Å². The fraction of sp³-hybridized carbons (Fsp3) is 0.455. The molecule has 1 aliphatic carbocycles. The molecule has 1 saturated heterocycles. The van der Waals surface area contributed by atoms with Gasteiger partial charge in [0.15, 0.2) is 6.17 Å². The van der Waals surface area contributed by atoms with Gasteiger partial charge in [-0.15, -0.1) is 0 Å². The first-order valence-corrected chi connectivity index (χ1v) is 10.4. The van der Waals surface area contributed by atoms with Crippen molar-refractivity contribution in [1.82, 2.24) is 14.9 Å². The zero-order valence-electron chi connectivity index (χ0n) is 17.5. The van der Waals surface area contributed by atoms with Gasteiger partial charge < -0.3 is 20.1 Å². The first-order chi connectivity index (χ1) is 15.4. The molecule has 8 nitrogen and oxygen atoms in total. The van der Waals surface area contributed by atoms with Gasteiger partial charge in [0, 0.05) is 24.6 Å². The number of alkyl halides is 2. The summed E-state index contributed by atoms with van der Waals surface area (Å²) >= 11 is 0. The van der Waals surface area contributed by atoms with Crippen LogP contribution in [0.25, 0.3) is 11.3 Å². The second kappa shape index (κ2) is 9.15. The maximum atomic E-state index is 14.5. The van der Waals surface area contributed by atoms with E-state index in [1.54, 1.807) is 18.2 Å². The molecule has 1 aromatic heterocycles. The molecule has 2 aromatic rings. The fourth-order valence-electron chi connectivity index (χ4n) is 3.68. The number of ether oxygens (including phenoxy) is 1. The van der Waals surface area contributed by atoms with Crippen molar-refractivity contribution >= 4 is 17.6 Å². The van der Waals surface area contributed by atoms with Crippen molar-refractivity contribution < 1.29 is 28.2 Å². The summed E-state index contributed by atoms with van der Waals surface area (Å²) in [5, 5.41) is 11.5. The number of hydrogen-bond acceptors (Lipinski definition) is 6. The molecule has 1 aliphatic heterocycles. The molecule has 2 N–H and O–H groups in total. The van der Waals surface area contributed by atoms with Crippen LogP contribution in [0.3, 0.4) is 0 Å². The van der Waals surface area contributed by atoms with Crippen LogP contribution in [-0.4, -0.2) is 69.9 Å². The van der Waals surface area contributed by atoms with Gasteiger partial charge in [-0.2, -0.15) is 0 Å². The van der Waals surface area contributed by atoms with Crippen LogP contribution >= 0.6 is 0 Å². The van der Waals surface area contributed by atoms with E-state index in [0.29, 0.717) is 30.2 Å². The topological polar surface area (TPSA) is 105 Å². The smallest absolute Gasteiger partial charge is 0.248 e. The van der Waals surface area contributed by atoms with Crippen LogP contribution < -0.4 is 10.1 Å². The lowest BCUT2D eigenvalue weighted by molar-refractivity contribution is -0.138. The number of rotatable bonds is 6. The number of amides is 2. The van der Waals surface area contributed by atoms with E-state index in [1.807, 2.05) is 13.0 Å². The Morgan fingerprint density at radius 2 is 2.03 bits per heavy atom. The Bertz CT molecular complexity index is 1020. The molecule has 170 valence electrons. The monoisotopic (exact) mass is 446 g/mol. The van der Waals surface area contributed by atoms with Crippen molar-refractivity contribution in [2.24, 2.45) is 5.92 Å². The van der Waals surface area contributed by atoms with Crippen LogP contribution in [0, 0.1) is 12.8 Å². The Morgan fingerprint density at radius 1 is 1.25 bits per heavy atom. The van der Waals surface area contributed by atoms with Crippen LogP contribution in [0.15, 0.2) is 30.6 Å². The van der Waals surface area contributed by atoms with Gasteiger partial charge in [0.05, 0.1) is 18.2 Å². The molecule has 2 fully saturated rings. The first-order valence-electron chi connectivity index (χ1n) is 10.4. The van der Waals surface area contributed by atoms with Crippen LogP contribution in [-0.2, 0) is 9.59 Å². The number of benzene rings is 1. The van der Waals surface area contributed by atoms with E-state index in [4.69, 9.17) is 9.84 Å². The predicted molar refractivity (Wildman–Crippen MR) is 111 cm³/mol. The van der Waals surface area contributed by atoms with Gasteiger partial charge in [0.2, 0.25) is 11.8 Å². The third-order valence-electron chi connectivity index (χ3n) is 5.69. The highest BCUT2D eigenvalue weighted by Gasteiger charge is 2.43. The van der Waals surface area contributed by atoms with Gasteiger partial charge >= 0.3 is 0 Å². The minimum Gasteiger partial charge on any atom is -0.487 e. The number of carbonyl (C=O) groups excluding carboxylic acids is 2. The lowest BCUT2D eigenvalue weighted by Gasteiger charge is -2.34. The number of aryl methyl sites for hydroxylation is 1. The molecule has 0 bridgehead atoms.